The van der Waals surface area contributed by atoms with Crippen LogP contribution in [0.4, 0.5) is 0 Å². The number of halogens is 1. The standard InChI is InChI=1S/C8H7BrN2O/c1-12-8-10-7(9)6-4-2-3-5-11(6)8/h2-5H,1H3. The monoisotopic (exact) mass is 226 g/mol. The fraction of sp³-hybridized carbons (Fsp3) is 0.125. The Bertz CT molecular complexity index is 410. The first kappa shape index (κ1) is 7.61. The molecule has 0 aliphatic rings. The van der Waals surface area contributed by atoms with Crippen molar-refractivity contribution in [2.24, 2.45) is 0 Å². The normalized spacial score (nSPS) is 10.5. The van der Waals surface area contributed by atoms with Crippen LogP contribution in [0.1, 0.15) is 0 Å². The third kappa shape index (κ3) is 0.992. The van der Waals surface area contributed by atoms with Crippen LogP contribution in [0.15, 0.2) is 29.0 Å². The number of imidazole rings is 1. The van der Waals surface area contributed by atoms with E-state index in [0.717, 1.165) is 10.1 Å². The topological polar surface area (TPSA) is 26.5 Å². The molecule has 0 atom stereocenters. The van der Waals surface area contributed by atoms with E-state index in [1.54, 1.807) is 7.11 Å². The maximum Gasteiger partial charge on any atom is 0.301 e. The highest BCUT2D eigenvalue weighted by molar-refractivity contribution is 9.10. The molecule has 2 aromatic rings. The van der Waals surface area contributed by atoms with Crippen LogP contribution < -0.4 is 4.74 Å². The first-order valence-electron chi connectivity index (χ1n) is 3.49. The average Bonchev–Trinajstić information content (AvgIpc) is 2.44. The first-order chi connectivity index (χ1) is 5.83. The van der Waals surface area contributed by atoms with Crippen molar-refractivity contribution in [1.82, 2.24) is 9.38 Å². The summed E-state index contributed by atoms with van der Waals surface area (Å²) in [6.07, 6.45) is 1.91. The van der Waals surface area contributed by atoms with Crippen molar-refractivity contribution < 1.29 is 4.74 Å². The molecule has 0 spiro atoms. The van der Waals surface area contributed by atoms with Gasteiger partial charge in [0.2, 0.25) is 0 Å². The Kier molecular flexibility index (Phi) is 1.77. The zero-order valence-electron chi connectivity index (χ0n) is 6.49. The third-order valence-corrected chi connectivity index (χ3v) is 2.24. The third-order valence-electron chi connectivity index (χ3n) is 1.65. The summed E-state index contributed by atoms with van der Waals surface area (Å²) in [6, 6.07) is 6.46. The van der Waals surface area contributed by atoms with Crippen LogP contribution in [-0.2, 0) is 0 Å². The Morgan fingerprint density at radius 1 is 1.50 bits per heavy atom. The van der Waals surface area contributed by atoms with Gasteiger partial charge in [0.05, 0.1) is 12.6 Å². The lowest BCUT2D eigenvalue weighted by atomic mass is 10.4. The lowest BCUT2D eigenvalue weighted by Crippen LogP contribution is -1.89. The van der Waals surface area contributed by atoms with Crippen LogP contribution in [0.3, 0.4) is 0 Å². The number of pyridine rings is 1. The number of nitrogens with zero attached hydrogens (tertiary/aromatic N) is 2. The van der Waals surface area contributed by atoms with Crippen molar-refractivity contribution in [1.29, 1.82) is 0 Å². The van der Waals surface area contributed by atoms with Gasteiger partial charge in [-0.05, 0) is 28.1 Å². The Morgan fingerprint density at radius 3 is 3.08 bits per heavy atom. The molecule has 0 unspecified atom stereocenters. The smallest absolute Gasteiger partial charge is 0.301 e. The van der Waals surface area contributed by atoms with Crippen LogP contribution in [0.5, 0.6) is 6.01 Å². The number of fused-ring (bicyclic) bond motifs is 1. The molecule has 0 radical (unpaired) electrons. The number of hydrogen-bond donors (Lipinski definition) is 0. The van der Waals surface area contributed by atoms with Crippen molar-refractivity contribution in [2.45, 2.75) is 0 Å². The zero-order chi connectivity index (χ0) is 8.55. The molecule has 2 rings (SSSR count). The van der Waals surface area contributed by atoms with Gasteiger partial charge in [0.15, 0.2) is 0 Å². The molecule has 0 aliphatic carbocycles. The van der Waals surface area contributed by atoms with E-state index in [0.29, 0.717) is 6.01 Å². The zero-order valence-corrected chi connectivity index (χ0v) is 8.08. The van der Waals surface area contributed by atoms with Gasteiger partial charge in [-0.15, -0.1) is 0 Å². The lowest BCUT2D eigenvalue weighted by Gasteiger charge is -1.96. The summed E-state index contributed by atoms with van der Waals surface area (Å²) in [6.45, 7) is 0. The molecule has 0 bridgehead atoms. The summed E-state index contributed by atoms with van der Waals surface area (Å²) in [5.74, 6) is 0. The van der Waals surface area contributed by atoms with E-state index in [-0.39, 0.29) is 0 Å². The molecule has 12 heavy (non-hydrogen) atoms. The van der Waals surface area contributed by atoms with E-state index < -0.39 is 0 Å². The van der Waals surface area contributed by atoms with Gasteiger partial charge in [-0.1, -0.05) is 6.07 Å². The van der Waals surface area contributed by atoms with Gasteiger partial charge in [0.25, 0.3) is 0 Å². The fourth-order valence-electron chi connectivity index (χ4n) is 1.12. The number of aromatic nitrogens is 2. The summed E-state index contributed by atoms with van der Waals surface area (Å²) in [5, 5.41) is 0. The average molecular weight is 227 g/mol. The molecule has 2 aromatic heterocycles. The second-order valence-electron chi connectivity index (χ2n) is 2.35. The molecular formula is C8H7BrN2O. The molecule has 0 saturated carbocycles. The quantitative estimate of drug-likeness (QED) is 0.745. The van der Waals surface area contributed by atoms with Crippen LogP contribution in [0.2, 0.25) is 0 Å². The van der Waals surface area contributed by atoms with Crippen LogP contribution in [0, 0.1) is 0 Å². The van der Waals surface area contributed by atoms with Crippen molar-refractivity contribution >= 4 is 21.4 Å². The van der Waals surface area contributed by atoms with Gasteiger partial charge in [-0.2, -0.15) is 4.98 Å². The molecule has 4 heteroatoms. The Balaban J connectivity index is 2.82. The van der Waals surface area contributed by atoms with Crippen LogP contribution in [-0.4, -0.2) is 16.5 Å². The lowest BCUT2D eigenvalue weighted by molar-refractivity contribution is 0.377. The summed E-state index contributed by atoms with van der Waals surface area (Å²) < 4.78 is 7.75. The van der Waals surface area contributed by atoms with Gasteiger partial charge in [0, 0.05) is 6.20 Å². The van der Waals surface area contributed by atoms with Crippen LogP contribution >= 0.6 is 15.9 Å². The van der Waals surface area contributed by atoms with E-state index in [4.69, 9.17) is 4.74 Å². The Labute approximate surface area is 78.1 Å². The molecule has 0 fully saturated rings. The fourth-order valence-corrected chi connectivity index (χ4v) is 1.59. The Hall–Kier alpha value is -1.03. The van der Waals surface area contributed by atoms with E-state index in [1.807, 2.05) is 28.8 Å². The molecule has 0 aliphatic heterocycles. The molecule has 0 amide bonds. The molecule has 0 saturated heterocycles. The largest absolute Gasteiger partial charge is 0.468 e. The maximum absolute atomic E-state index is 5.07. The van der Waals surface area contributed by atoms with E-state index in [1.165, 1.54) is 0 Å². The van der Waals surface area contributed by atoms with Gasteiger partial charge in [-0.25, -0.2) is 0 Å². The highest BCUT2D eigenvalue weighted by atomic mass is 79.9. The molecule has 62 valence electrons. The minimum absolute atomic E-state index is 0.595. The Morgan fingerprint density at radius 2 is 2.33 bits per heavy atom. The molecule has 2 heterocycles. The first-order valence-corrected chi connectivity index (χ1v) is 4.29. The second-order valence-corrected chi connectivity index (χ2v) is 3.10. The van der Waals surface area contributed by atoms with Gasteiger partial charge >= 0.3 is 6.01 Å². The number of methoxy groups -OCH3 is 1. The highest BCUT2D eigenvalue weighted by Gasteiger charge is 2.06. The number of hydrogen-bond acceptors (Lipinski definition) is 2. The molecule has 0 aromatic carbocycles. The van der Waals surface area contributed by atoms with Crippen molar-refractivity contribution in [3.05, 3.63) is 29.0 Å². The SMILES string of the molecule is COc1nc(Br)c2ccccn12. The van der Waals surface area contributed by atoms with E-state index in [9.17, 15) is 0 Å². The van der Waals surface area contributed by atoms with Gasteiger partial charge in [-0.3, -0.25) is 4.40 Å². The number of rotatable bonds is 1. The maximum atomic E-state index is 5.07. The number of ether oxygens (including phenoxy) is 1. The summed E-state index contributed by atoms with van der Waals surface area (Å²) in [4.78, 5) is 4.17. The minimum atomic E-state index is 0.595. The summed E-state index contributed by atoms with van der Waals surface area (Å²) in [7, 11) is 1.61. The summed E-state index contributed by atoms with van der Waals surface area (Å²) in [5.41, 5.74) is 1.01. The van der Waals surface area contributed by atoms with Crippen molar-refractivity contribution in [3.63, 3.8) is 0 Å². The van der Waals surface area contributed by atoms with E-state index in [2.05, 4.69) is 20.9 Å². The summed E-state index contributed by atoms with van der Waals surface area (Å²) >= 11 is 3.35. The van der Waals surface area contributed by atoms with Gasteiger partial charge in [0.1, 0.15) is 4.60 Å². The van der Waals surface area contributed by atoms with E-state index >= 15 is 0 Å². The second kappa shape index (κ2) is 2.79. The molecule has 3 nitrogen and oxygen atoms in total. The van der Waals surface area contributed by atoms with Crippen molar-refractivity contribution in [3.8, 4) is 6.01 Å². The van der Waals surface area contributed by atoms with Crippen LogP contribution in [0.25, 0.3) is 5.52 Å². The minimum Gasteiger partial charge on any atom is -0.468 e. The highest BCUT2D eigenvalue weighted by Crippen LogP contribution is 2.22. The predicted octanol–water partition coefficient (Wildman–Crippen LogP) is 2.11. The van der Waals surface area contributed by atoms with Crippen molar-refractivity contribution in [2.75, 3.05) is 7.11 Å². The van der Waals surface area contributed by atoms with Gasteiger partial charge < -0.3 is 4.74 Å². The molecular weight excluding hydrogens is 220 g/mol. The molecule has 0 N–H and O–H groups in total. The predicted molar refractivity (Wildman–Crippen MR) is 49.4 cm³/mol.